The van der Waals surface area contributed by atoms with Crippen molar-refractivity contribution in [2.45, 2.75) is 19.8 Å². The number of esters is 1. The summed E-state index contributed by atoms with van der Waals surface area (Å²) in [4.78, 5) is 23.3. The van der Waals surface area contributed by atoms with E-state index in [0.717, 1.165) is 11.3 Å². The van der Waals surface area contributed by atoms with Crippen molar-refractivity contribution in [3.8, 4) is 0 Å². The maximum atomic E-state index is 11.7. The number of hydrogen-bond acceptors (Lipinski definition) is 3. The average Bonchev–Trinajstić information content (AvgIpc) is 2.56. The zero-order chi connectivity index (χ0) is 11.7. The lowest BCUT2D eigenvalue weighted by atomic mass is 9.99. The molecule has 0 bridgehead atoms. The van der Waals surface area contributed by atoms with Crippen molar-refractivity contribution >= 4 is 17.6 Å². The van der Waals surface area contributed by atoms with Crippen LogP contribution in [0.2, 0.25) is 0 Å². The third-order valence-electron chi connectivity index (χ3n) is 2.65. The van der Waals surface area contributed by atoms with Gasteiger partial charge in [-0.05, 0) is 25.0 Å². The predicted octanol–water partition coefficient (Wildman–Crippen LogP) is 1.59. The molecule has 1 aliphatic rings. The normalized spacial score (nSPS) is 17.9. The summed E-state index contributed by atoms with van der Waals surface area (Å²) in [7, 11) is 0. The smallest absolute Gasteiger partial charge is 0.323 e. The van der Waals surface area contributed by atoms with Gasteiger partial charge < -0.3 is 10.1 Å². The largest absolute Gasteiger partial charge is 0.465 e. The van der Waals surface area contributed by atoms with Crippen LogP contribution in [0.4, 0.5) is 5.69 Å². The van der Waals surface area contributed by atoms with Crippen molar-refractivity contribution in [3.63, 3.8) is 0 Å². The number of nitrogens with one attached hydrogen (secondary N) is 1. The Bertz CT molecular complexity index is 454. The van der Waals surface area contributed by atoms with Crippen LogP contribution in [0.5, 0.6) is 0 Å². The van der Waals surface area contributed by atoms with Crippen LogP contribution >= 0.6 is 0 Å². The van der Waals surface area contributed by atoms with Crippen LogP contribution in [-0.2, 0) is 14.3 Å². The van der Waals surface area contributed by atoms with Crippen LogP contribution in [0.25, 0.3) is 0 Å². The zero-order valence-corrected chi connectivity index (χ0v) is 9.24. The molecule has 4 heteroatoms. The van der Waals surface area contributed by atoms with E-state index >= 15 is 0 Å². The molecule has 1 aromatic carbocycles. The molecule has 1 atom stereocenters. The topological polar surface area (TPSA) is 55.4 Å². The molecule has 1 N–H and O–H groups in total. The van der Waals surface area contributed by atoms with E-state index in [9.17, 15) is 9.59 Å². The summed E-state index contributed by atoms with van der Waals surface area (Å²) in [5.41, 5.74) is 2.41. The van der Waals surface area contributed by atoms with Gasteiger partial charge in [0, 0.05) is 5.69 Å². The number of anilines is 1. The van der Waals surface area contributed by atoms with Gasteiger partial charge in [0.1, 0.15) is 0 Å². The lowest BCUT2D eigenvalue weighted by Crippen LogP contribution is -2.22. The summed E-state index contributed by atoms with van der Waals surface area (Å²) in [6.45, 7) is 3.90. The Morgan fingerprint density at radius 1 is 1.50 bits per heavy atom. The van der Waals surface area contributed by atoms with Gasteiger partial charge in [-0.2, -0.15) is 0 Å². The fraction of sp³-hybridized carbons (Fsp3) is 0.333. The molecule has 0 aliphatic carbocycles. The van der Waals surface area contributed by atoms with Crippen LogP contribution in [0.1, 0.15) is 24.0 Å². The van der Waals surface area contributed by atoms with E-state index in [1.165, 1.54) is 0 Å². The molecule has 1 aliphatic heterocycles. The zero-order valence-electron chi connectivity index (χ0n) is 9.24. The van der Waals surface area contributed by atoms with E-state index in [1.807, 2.05) is 19.1 Å². The molecule has 84 valence electrons. The Kier molecular flexibility index (Phi) is 2.64. The van der Waals surface area contributed by atoms with Gasteiger partial charge >= 0.3 is 5.97 Å². The van der Waals surface area contributed by atoms with Crippen molar-refractivity contribution in [2.75, 3.05) is 11.9 Å². The average molecular weight is 219 g/mol. The van der Waals surface area contributed by atoms with Gasteiger partial charge in [0.2, 0.25) is 5.91 Å². The van der Waals surface area contributed by atoms with Crippen LogP contribution in [0.3, 0.4) is 0 Å². The molecule has 1 heterocycles. The molecule has 0 aromatic heterocycles. The first-order valence-electron chi connectivity index (χ1n) is 5.22. The molecule has 0 radical (unpaired) electrons. The highest BCUT2D eigenvalue weighted by Crippen LogP contribution is 2.35. The molecular weight excluding hydrogens is 206 g/mol. The lowest BCUT2D eigenvalue weighted by Gasteiger charge is -2.07. The quantitative estimate of drug-likeness (QED) is 0.607. The third kappa shape index (κ3) is 1.56. The van der Waals surface area contributed by atoms with E-state index in [4.69, 9.17) is 4.74 Å². The first-order chi connectivity index (χ1) is 7.65. The van der Waals surface area contributed by atoms with Crippen molar-refractivity contribution in [3.05, 3.63) is 29.3 Å². The number of fused-ring (bicyclic) bond motifs is 1. The summed E-state index contributed by atoms with van der Waals surface area (Å²) < 4.78 is 4.89. The van der Waals surface area contributed by atoms with Gasteiger partial charge in [0.05, 0.1) is 6.61 Å². The highest BCUT2D eigenvalue weighted by atomic mass is 16.5. The van der Waals surface area contributed by atoms with Gasteiger partial charge in [-0.3, -0.25) is 9.59 Å². The molecule has 16 heavy (non-hydrogen) atoms. The second-order valence-corrected chi connectivity index (χ2v) is 3.71. The number of hydrogen-bond donors (Lipinski definition) is 1. The Morgan fingerprint density at radius 3 is 2.94 bits per heavy atom. The van der Waals surface area contributed by atoms with Gasteiger partial charge in [-0.25, -0.2) is 0 Å². The Labute approximate surface area is 93.6 Å². The van der Waals surface area contributed by atoms with E-state index in [-0.39, 0.29) is 12.5 Å². The summed E-state index contributed by atoms with van der Waals surface area (Å²) in [6, 6.07) is 5.51. The number of benzene rings is 1. The highest BCUT2D eigenvalue weighted by molar-refractivity contribution is 6.15. The number of amides is 1. The van der Waals surface area contributed by atoms with Gasteiger partial charge in [-0.1, -0.05) is 18.2 Å². The van der Waals surface area contributed by atoms with E-state index in [1.54, 1.807) is 13.0 Å². The van der Waals surface area contributed by atoms with Crippen molar-refractivity contribution in [1.82, 2.24) is 0 Å². The summed E-state index contributed by atoms with van der Waals surface area (Å²) in [6.07, 6.45) is 0. The predicted molar refractivity (Wildman–Crippen MR) is 59.2 cm³/mol. The number of carbonyl (C=O) groups is 2. The molecule has 2 rings (SSSR count). The van der Waals surface area contributed by atoms with Gasteiger partial charge in [0.25, 0.3) is 0 Å². The molecule has 1 aromatic rings. The van der Waals surface area contributed by atoms with Crippen LogP contribution < -0.4 is 5.32 Å². The molecule has 0 saturated carbocycles. The summed E-state index contributed by atoms with van der Waals surface area (Å²) in [5, 5.41) is 2.72. The molecule has 0 fully saturated rings. The number of para-hydroxylation sites is 1. The molecule has 1 amide bonds. The molecule has 1 unspecified atom stereocenters. The molecule has 0 saturated heterocycles. The minimum atomic E-state index is -0.810. The third-order valence-corrected chi connectivity index (χ3v) is 2.65. The van der Waals surface area contributed by atoms with E-state index < -0.39 is 11.9 Å². The summed E-state index contributed by atoms with van der Waals surface area (Å²) in [5.74, 6) is -1.60. The fourth-order valence-electron chi connectivity index (χ4n) is 1.90. The van der Waals surface area contributed by atoms with Gasteiger partial charge in [0.15, 0.2) is 5.92 Å². The number of rotatable bonds is 2. The molecule has 0 spiro atoms. The minimum absolute atomic E-state index is 0.282. The monoisotopic (exact) mass is 219 g/mol. The maximum absolute atomic E-state index is 11.7. The maximum Gasteiger partial charge on any atom is 0.323 e. The minimum Gasteiger partial charge on any atom is -0.465 e. The first-order valence-corrected chi connectivity index (χ1v) is 5.22. The van der Waals surface area contributed by atoms with E-state index in [0.29, 0.717) is 5.56 Å². The second-order valence-electron chi connectivity index (χ2n) is 3.71. The lowest BCUT2D eigenvalue weighted by molar-refractivity contribution is -0.147. The van der Waals surface area contributed by atoms with Crippen molar-refractivity contribution < 1.29 is 14.3 Å². The summed E-state index contributed by atoms with van der Waals surface area (Å²) >= 11 is 0. The van der Waals surface area contributed by atoms with Crippen LogP contribution in [0, 0.1) is 6.92 Å². The van der Waals surface area contributed by atoms with Crippen LogP contribution in [-0.4, -0.2) is 18.5 Å². The van der Waals surface area contributed by atoms with Gasteiger partial charge in [-0.15, -0.1) is 0 Å². The molecular formula is C12H13NO3. The SMILES string of the molecule is CCOC(=O)C1C(=O)Nc2c(C)cccc21. The Balaban J connectivity index is 2.40. The number of aryl methyl sites for hydroxylation is 1. The Hall–Kier alpha value is -1.84. The number of ether oxygens (including phenoxy) is 1. The number of carbonyl (C=O) groups excluding carboxylic acids is 2. The fourth-order valence-corrected chi connectivity index (χ4v) is 1.90. The highest BCUT2D eigenvalue weighted by Gasteiger charge is 2.37. The standard InChI is InChI=1S/C12H13NO3/c1-3-16-12(15)9-8-6-4-5-7(2)10(8)13-11(9)14/h4-6,9H,3H2,1-2H3,(H,13,14). The van der Waals surface area contributed by atoms with Crippen LogP contribution in [0.15, 0.2) is 18.2 Å². The van der Waals surface area contributed by atoms with Crippen molar-refractivity contribution in [1.29, 1.82) is 0 Å². The van der Waals surface area contributed by atoms with E-state index in [2.05, 4.69) is 5.32 Å². The Morgan fingerprint density at radius 2 is 2.25 bits per heavy atom. The van der Waals surface area contributed by atoms with Crippen molar-refractivity contribution in [2.24, 2.45) is 0 Å². The second kappa shape index (κ2) is 3.96. The first kappa shape index (κ1) is 10.7. The molecule has 4 nitrogen and oxygen atoms in total.